The molecule has 0 aromatic carbocycles. The maximum Gasteiger partial charge on any atom is 0.241 e. The van der Waals surface area contributed by atoms with E-state index in [-0.39, 0.29) is 18.1 Å². The number of carbonyl (C=O) groups excluding carboxylic acids is 1. The Kier molecular flexibility index (Phi) is 5.57. The fraction of sp³-hybridized carbons (Fsp3) is 0.667. The van der Waals surface area contributed by atoms with E-state index >= 15 is 0 Å². The zero-order chi connectivity index (χ0) is 14.5. The summed E-state index contributed by atoms with van der Waals surface area (Å²) in [7, 11) is 0. The van der Waals surface area contributed by atoms with Crippen LogP contribution in [0.5, 0.6) is 0 Å². The maximum atomic E-state index is 12.6. The molecule has 1 fully saturated rings. The Labute approximate surface area is 125 Å². The van der Waals surface area contributed by atoms with Crippen molar-refractivity contribution in [1.29, 1.82) is 0 Å². The largest absolute Gasteiger partial charge is 0.380 e. The van der Waals surface area contributed by atoms with Gasteiger partial charge < -0.3 is 9.64 Å². The average Bonchev–Trinajstić information content (AvgIpc) is 3.01. The molecule has 1 aliphatic rings. The lowest BCUT2D eigenvalue weighted by Crippen LogP contribution is -2.34. The van der Waals surface area contributed by atoms with Gasteiger partial charge in [-0.25, -0.2) is 0 Å². The smallest absolute Gasteiger partial charge is 0.241 e. The topological polar surface area (TPSA) is 41.6 Å². The van der Waals surface area contributed by atoms with Crippen molar-refractivity contribution < 1.29 is 9.53 Å². The van der Waals surface area contributed by atoms with Crippen molar-refractivity contribution in [2.75, 3.05) is 19.8 Å². The first-order valence-corrected chi connectivity index (χ1v) is 8.24. The van der Waals surface area contributed by atoms with Crippen LogP contribution in [0.1, 0.15) is 38.9 Å². The normalized spacial score (nSPS) is 23.0. The van der Waals surface area contributed by atoms with Gasteiger partial charge in [-0.15, -0.1) is 0 Å². The predicted molar refractivity (Wildman–Crippen MR) is 81.6 cm³/mol. The number of amides is 1. The number of nitrogens with one attached hydrogen (secondary N) is 1. The molecule has 0 bridgehead atoms. The summed E-state index contributed by atoms with van der Waals surface area (Å²) in [6.07, 6.45) is 0.878. The Bertz CT molecular complexity index is 420. The Balaban J connectivity index is 2.08. The molecule has 4 nitrogen and oxygen atoms in total. The molecule has 0 radical (unpaired) electrons. The summed E-state index contributed by atoms with van der Waals surface area (Å²) in [4.78, 5) is 14.5. The van der Waals surface area contributed by atoms with Gasteiger partial charge in [-0.3, -0.25) is 10.1 Å². The first kappa shape index (κ1) is 15.5. The summed E-state index contributed by atoms with van der Waals surface area (Å²) in [6, 6.07) is 2.02. The van der Waals surface area contributed by atoms with E-state index in [0.717, 1.165) is 6.42 Å². The zero-order valence-electron chi connectivity index (χ0n) is 12.5. The molecule has 0 spiro atoms. The van der Waals surface area contributed by atoms with Crippen LogP contribution >= 0.6 is 11.3 Å². The van der Waals surface area contributed by atoms with Gasteiger partial charge in [-0.1, -0.05) is 13.8 Å². The molecule has 2 rings (SSSR count). The molecule has 2 heterocycles. The van der Waals surface area contributed by atoms with Gasteiger partial charge in [0, 0.05) is 13.2 Å². The van der Waals surface area contributed by atoms with Gasteiger partial charge >= 0.3 is 0 Å². The fourth-order valence-corrected chi connectivity index (χ4v) is 3.25. The van der Waals surface area contributed by atoms with Crippen LogP contribution in [0.4, 0.5) is 0 Å². The highest BCUT2D eigenvalue weighted by Crippen LogP contribution is 2.28. The molecular weight excluding hydrogens is 272 g/mol. The number of nitrogens with zero attached hydrogens (tertiary/aromatic N) is 1. The molecule has 1 saturated heterocycles. The molecule has 1 aliphatic heterocycles. The van der Waals surface area contributed by atoms with Crippen LogP contribution in [-0.4, -0.2) is 36.6 Å². The van der Waals surface area contributed by atoms with Gasteiger partial charge in [0.2, 0.25) is 5.91 Å². The third-order valence-corrected chi connectivity index (χ3v) is 4.20. The van der Waals surface area contributed by atoms with Crippen LogP contribution in [0.3, 0.4) is 0 Å². The lowest BCUT2D eigenvalue weighted by atomic mass is 10.0. The predicted octanol–water partition coefficient (Wildman–Crippen LogP) is 2.63. The minimum absolute atomic E-state index is 0.00189. The van der Waals surface area contributed by atoms with E-state index in [1.807, 2.05) is 11.8 Å². The van der Waals surface area contributed by atoms with Crippen molar-refractivity contribution in [1.82, 2.24) is 10.2 Å². The van der Waals surface area contributed by atoms with Crippen molar-refractivity contribution in [3.63, 3.8) is 0 Å². The number of thiophene rings is 1. The quantitative estimate of drug-likeness (QED) is 0.787. The van der Waals surface area contributed by atoms with Crippen molar-refractivity contribution in [2.24, 2.45) is 5.92 Å². The van der Waals surface area contributed by atoms with Crippen molar-refractivity contribution in [3.8, 4) is 0 Å². The fourth-order valence-electron chi connectivity index (χ4n) is 2.57. The second-order valence-corrected chi connectivity index (χ2v) is 6.32. The van der Waals surface area contributed by atoms with Crippen molar-refractivity contribution in [2.45, 2.75) is 39.4 Å². The molecular formula is C15H24N2O2S. The second-order valence-electron chi connectivity index (χ2n) is 5.54. The van der Waals surface area contributed by atoms with Gasteiger partial charge in [0.15, 0.2) is 0 Å². The van der Waals surface area contributed by atoms with E-state index in [4.69, 9.17) is 4.74 Å². The molecule has 112 valence electrons. The van der Waals surface area contributed by atoms with Gasteiger partial charge in [-0.05, 0) is 41.7 Å². The molecule has 20 heavy (non-hydrogen) atoms. The molecule has 1 N–H and O–H groups in total. The van der Waals surface area contributed by atoms with Crippen LogP contribution in [0.25, 0.3) is 0 Å². The lowest BCUT2D eigenvalue weighted by Gasteiger charge is -2.23. The monoisotopic (exact) mass is 296 g/mol. The first-order chi connectivity index (χ1) is 9.63. The van der Waals surface area contributed by atoms with Gasteiger partial charge in [0.25, 0.3) is 0 Å². The summed E-state index contributed by atoms with van der Waals surface area (Å²) in [5.74, 6) is 0.709. The zero-order valence-corrected chi connectivity index (χ0v) is 13.3. The molecule has 2 unspecified atom stereocenters. The molecule has 0 saturated carbocycles. The van der Waals surface area contributed by atoms with Gasteiger partial charge in [0.1, 0.15) is 6.17 Å². The molecule has 1 aromatic rings. The van der Waals surface area contributed by atoms with Gasteiger partial charge in [-0.2, -0.15) is 11.3 Å². The Morgan fingerprint density at radius 1 is 1.50 bits per heavy atom. The number of hydrogen-bond acceptors (Lipinski definition) is 4. The van der Waals surface area contributed by atoms with Crippen LogP contribution in [0.2, 0.25) is 0 Å². The lowest BCUT2D eigenvalue weighted by molar-refractivity contribution is -0.131. The summed E-state index contributed by atoms with van der Waals surface area (Å²) in [6.45, 7) is 8.21. The Morgan fingerprint density at radius 2 is 2.30 bits per heavy atom. The van der Waals surface area contributed by atoms with Crippen molar-refractivity contribution >= 4 is 17.2 Å². The first-order valence-electron chi connectivity index (χ1n) is 7.29. The highest BCUT2D eigenvalue weighted by Gasteiger charge is 2.39. The Morgan fingerprint density at radius 3 is 2.90 bits per heavy atom. The minimum atomic E-state index is -0.0680. The average molecular weight is 296 g/mol. The highest BCUT2D eigenvalue weighted by molar-refractivity contribution is 7.07. The standard InChI is InChI=1S/C15H24N2O2S/c1-4-19-7-6-17-14(12-5-8-20-10-12)16-13(15(17)18)9-11(2)3/h5,8,10-11,13-14,16H,4,6-7,9H2,1-3H3. The molecule has 0 aliphatic carbocycles. The number of hydrogen-bond donors (Lipinski definition) is 1. The molecule has 5 heteroatoms. The summed E-state index contributed by atoms with van der Waals surface area (Å²) in [5.41, 5.74) is 1.17. The minimum Gasteiger partial charge on any atom is -0.380 e. The van der Waals surface area contributed by atoms with Crippen LogP contribution in [0.15, 0.2) is 16.8 Å². The van der Waals surface area contributed by atoms with E-state index in [1.165, 1.54) is 5.56 Å². The number of carbonyl (C=O) groups is 1. The van der Waals surface area contributed by atoms with Crippen LogP contribution in [-0.2, 0) is 9.53 Å². The number of rotatable bonds is 7. The molecule has 1 amide bonds. The second kappa shape index (κ2) is 7.20. The van der Waals surface area contributed by atoms with E-state index in [9.17, 15) is 4.79 Å². The van der Waals surface area contributed by atoms with E-state index in [2.05, 4.69) is 36.0 Å². The summed E-state index contributed by atoms with van der Waals surface area (Å²) >= 11 is 1.66. The summed E-state index contributed by atoms with van der Waals surface area (Å²) in [5, 5.41) is 7.64. The molecule has 1 aromatic heterocycles. The SMILES string of the molecule is CCOCCN1C(=O)C(CC(C)C)NC1c1ccsc1. The van der Waals surface area contributed by atoms with E-state index < -0.39 is 0 Å². The number of ether oxygens (including phenoxy) is 1. The van der Waals surface area contributed by atoms with Gasteiger partial charge in [0.05, 0.1) is 12.6 Å². The van der Waals surface area contributed by atoms with Crippen LogP contribution < -0.4 is 5.32 Å². The summed E-state index contributed by atoms with van der Waals surface area (Å²) < 4.78 is 5.41. The third kappa shape index (κ3) is 3.59. The third-order valence-electron chi connectivity index (χ3n) is 3.50. The van der Waals surface area contributed by atoms with Crippen LogP contribution in [0, 0.1) is 5.92 Å². The molecule has 2 atom stereocenters. The van der Waals surface area contributed by atoms with E-state index in [0.29, 0.717) is 25.7 Å². The van der Waals surface area contributed by atoms with E-state index in [1.54, 1.807) is 11.3 Å². The van der Waals surface area contributed by atoms with Crippen molar-refractivity contribution in [3.05, 3.63) is 22.4 Å². The maximum absolute atomic E-state index is 12.6. The highest BCUT2D eigenvalue weighted by atomic mass is 32.1. The Hall–Kier alpha value is -0.910.